The number of hydrogen-bond donors (Lipinski definition) is 2. The molecule has 0 aromatic rings. The summed E-state index contributed by atoms with van der Waals surface area (Å²) in [4.78, 5) is 7.23. The van der Waals surface area contributed by atoms with E-state index in [9.17, 15) is 0 Å². The van der Waals surface area contributed by atoms with Crippen LogP contribution in [0, 0.1) is 0 Å². The fourth-order valence-electron chi connectivity index (χ4n) is 3.14. The molecule has 1 fully saturated rings. The molecule has 2 rings (SSSR count). The Morgan fingerprint density at radius 1 is 1.42 bits per heavy atom. The van der Waals surface area contributed by atoms with Crippen LogP contribution in [0.5, 0.6) is 0 Å². The van der Waals surface area contributed by atoms with Gasteiger partial charge in [-0.25, -0.2) is 0 Å². The molecule has 0 aromatic carbocycles. The van der Waals surface area contributed by atoms with E-state index >= 15 is 0 Å². The molecule has 2 aliphatic rings. The van der Waals surface area contributed by atoms with Crippen molar-refractivity contribution < 1.29 is 9.47 Å². The first kappa shape index (κ1) is 19.2. The standard InChI is InChI=1S/C18H34N4O2/c1-3-19-18(20-9-4-16-7-13-24-14-8-16)21-17-5-10-22(11-6-17)12-15-23-2/h7,17H,3-6,8-15H2,1-2H3,(H2,19,20,21). The maximum Gasteiger partial charge on any atom is 0.191 e. The van der Waals surface area contributed by atoms with E-state index in [0.29, 0.717) is 6.04 Å². The highest BCUT2D eigenvalue weighted by molar-refractivity contribution is 5.80. The van der Waals surface area contributed by atoms with E-state index < -0.39 is 0 Å². The van der Waals surface area contributed by atoms with Gasteiger partial charge in [-0.2, -0.15) is 0 Å². The molecular formula is C18H34N4O2. The largest absolute Gasteiger partial charge is 0.383 e. The number of hydrogen-bond acceptors (Lipinski definition) is 4. The minimum Gasteiger partial charge on any atom is -0.383 e. The average molecular weight is 338 g/mol. The Morgan fingerprint density at radius 2 is 2.25 bits per heavy atom. The molecule has 0 saturated carbocycles. The summed E-state index contributed by atoms with van der Waals surface area (Å²) in [6.45, 7) is 9.60. The van der Waals surface area contributed by atoms with Crippen LogP contribution >= 0.6 is 0 Å². The highest BCUT2D eigenvalue weighted by Gasteiger charge is 2.19. The molecule has 1 saturated heterocycles. The van der Waals surface area contributed by atoms with Gasteiger partial charge in [0.05, 0.1) is 19.8 Å². The molecule has 0 unspecified atom stereocenters. The van der Waals surface area contributed by atoms with Crippen molar-refractivity contribution in [1.82, 2.24) is 15.5 Å². The second kappa shape index (κ2) is 11.4. The first-order valence-electron chi connectivity index (χ1n) is 9.33. The van der Waals surface area contributed by atoms with Crippen molar-refractivity contribution >= 4 is 5.96 Å². The van der Waals surface area contributed by atoms with Crippen molar-refractivity contribution in [3.8, 4) is 0 Å². The normalized spacial score (nSPS) is 20.8. The molecular weight excluding hydrogens is 304 g/mol. The van der Waals surface area contributed by atoms with Crippen molar-refractivity contribution in [3.05, 3.63) is 11.6 Å². The third-order valence-corrected chi connectivity index (χ3v) is 4.64. The number of piperidine rings is 1. The topological polar surface area (TPSA) is 58.1 Å². The lowest BCUT2D eigenvalue weighted by atomic mass is 10.1. The minimum atomic E-state index is 0.517. The number of methoxy groups -OCH3 is 1. The summed E-state index contributed by atoms with van der Waals surface area (Å²) in [5.74, 6) is 0.959. The highest BCUT2D eigenvalue weighted by Crippen LogP contribution is 2.12. The smallest absolute Gasteiger partial charge is 0.191 e. The number of ether oxygens (including phenoxy) is 2. The zero-order chi connectivity index (χ0) is 17.0. The molecule has 2 aliphatic heterocycles. The molecule has 0 atom stereocenters. The molecule has 6 nitrogen and oxygen atoms in total. The summed E-state index contributed by atoms with van der Waals surface area (Å²) in [6.07, 6.45) is 6.62. The van der Waals surface area contributed by atoms with Gasteiger partial charge in [0.15, 0.2) is 5.96 Å². The van der Waals surface area contributed by atoms with Crippen LogP contribution in [0.1, 0.15) is 32.6 Å². The molecule has 0 aliphatic carbocycles. The first-order valence-corrected chi connectivity index (χ1v) is 9.33. The van der Waals surface area contributed by atoms with Gasteiger partial charge in [-0.15, -0.1) is 0 Å². The molecule has 6 heteroatoms. The zero-order valence-corrected chi connectivity index (χ0v) is 15.4. The lowest BCUT2D eigenvalue weighted by molar-refractivity contribution is 0.128. The number of aliphatic imine (C=N–C) groups is 1. The lowest BCUT2D eigenvalue weighted by Crippen LogP contribution is -2.49. The van der Waals surface area contributed by atoms with Crippen molar-refractivity contribution in [1.29, 1.82) is 0 Å². The van der Waals surface area contributed by atoms with Crippen LogP contribution in [-0.4, -0.2) is 76.6 Å². The third-order valence-electron chi connectivity index (χ3n) is 4.64. The van der Waals surface area contributed by atoms with Crippen LogP contribution in [0.15, 0.2) is 16.6 Å². The van der Waals surface area contributed by atoms with Crippen LogP contribution in [0.2, 0.25) is 0 Å². The molecule has 0 bridgehead atoms. The molecule has 0 aromatic heterocycles. The maximum atomic E-state index is 5.35. The molecule has 0 spiro atoms. The Labute approximate surface area is 146 Å². The Bertz CT molecular complexity index is 404. The fourth-order valence-corrected chi connectivity index (χ4v) is 3.14. The predicted octanol–water partition coefficient (Wildman–Crippen LogP) is 1.39. The van der Waals surface area contributed by atoms with E-state index in [1.54, 1.807) is 7.11 Å². The predicted molar refractivity (Wildman–Crippen MR) is 98.6 cm³/mol. The summed E-state index contributed by atoms with van der Waals surface area (Å²) in [5, 5.41) is 6.98. The van der Waals surface area contributed by atoms with E-state index in [2.05, 4.69) is 28.5 Å². The van der Waals surface area contributed by atoms with Gasteiger partial charge < -0.3 is 25.0 Å². The van der Waals surface area contributed by atoms with Crippen molar-refractivity contribution in [2.75, 3.05) is 59.7 Å². The van der Waals surface area contributed by atoms with Crippen LogP contribution in [-0.2, 0) is 9.47 Å². The third kappa shape index (κ3) is 7.20. The number of nitrogens with zero attached hydrogens (tertiary/aromatic N) is 2. The second-order valence-corrected chi connectivity index (χ2v) is 6.45. The maximum absolute atomic E-state index is 5.35. The van der Waals surface area contributed by atoms with E-state index in [-0.39, 0.29) is 0 Å². The molecule has 0 radical (unpaired) electrons. The molecule has 0 amide bonds. The van der Waals surface area contributed by atoms with Crippen LogP contribution in [0.4, 0.5) is 0 Å². The Kier molecular flexibility index (Phi) is 9.16. The van der Waals surface area contributed by atoms with Crippen LogP contribution in [0.25, 0.3) is 0 Å². The van der Waals surface area contributed by atoms with Gasteiger partial charge in [0, 0.05) is 45.9 Å². The number of likely N-dealkylation sites (tertiary alicyclic amines) is 1. The highest BCUT2D eigenvalue weighted by atomic mass is 16.5. The molecule has 2 heterocycles. The van der Waals surface area contributed by atoms with Gasteiger partial charge in [-0.05, 0) is 32.6 Å². The summed E-state index contributed by atoms with van der Waals surface area (Å²) in [5.41, 5.74) is 1.48. The SMILES string of the molecule is CCNC(=NCCC1=CCOCC1)NC1CCN(CCOC)CC1. The first-order chi connectivity index (χ1) is 11.8. The average Bonchev–Trinajstić information content (AvgIpc) is 2.62. The number of guanidine groups is 1. The lowest BCUT2D eigenvalue weighted by Gasteiger charge is -2.32. The van der Waals surface area contributed by atoms with Crippen molar-refractivity contribution in [3.63, 3.8) is 0 Å². The summed E-state index contributed by atoms with van der Waals surface area (Å²) in [7, 11) is 1.77. The fraction of sp³-hybridized carbons (Fsp3) is 0.833. The monoisotopic (exact) mass is 338 g/mol. The van der Waals surface area contributed by atoms with E-state index in [0.717, 1.165) is 84.2 Å². The van der Waals surface area contributed by atoms with Gasteiger partial charge in [-0.3, -0.25) is 4.99 Å². The Hall–Kier alpha value is -1.11. The number of nitrogens with one attached hydrogen (secondary N) is 2. The van der Waals surface area contributed by atoms with Gasteiger partial charge in [0.2, 0.25) is 0 Å². The Balaban J connectivity index is 1.72. The quantitative estimate of drug-likeness (QED) is 0.398. The van der Waals surface area contributed by atoms with Crippen LogP contribution in [0.3, 0.4) is 0 Å². The Morgan fingerprint density at radius 3 is 2.92 bits per heavy atom. The minimum absolute atomic E-state index is 0.517. The summed E-state index contributed by atoms with van der Waals surface area (Å²) >= 11 is 0. The van der Waals surface area contributed by atoms with Crippen LogP contribution < -0.4 is 10.6 Å². The summed E-state index contributed by atoms with van der Waals surface area (Å²) in [6, 6.07) is 0.517. The summed E-state index contributed by atoms with van der Waals surface area (Å²) < 4.78 is 10.5. The van der Waals surface area contributed by atoms with Gasteiger partial charge in [-0.1, -0.05) is 11.6 Å². The van der Waals surface area contributed by atoms with E-state index in [1.807, 2.05) is 0 Å². The van der Waals surface area contributed by atoms with Crippen molar-refractivity contribution in [2.45, 2.75) is 38.6 Å². The van der Waals surface area contributed by atoms with Gasteiger partial charge in [0.25, 0.3) is 0 Å². The molecule has 138 valence electrons. The second-order valence-electron chi connectivity index (χ2n) is 6.45. The number of rotatable bonds is 8. The van der Waals surface area contributed by atoms with Gasteiger partial charge in [0.1, 0.15) is 0 Å². The zero-order valence-electron chi connectivity index (χ0n) is 15.4. The van der Waals surface area contributed by atoms with E-state index in [4.69, 9.17) is 14.5 Å². The van der Waals surface area contributed by atoms with E-state index in [1.165, 1.54) is 5.57 Å². The molecule has 24 heavy (non-hydrogen) atoms. The van der Waals surface area contributed by atoms with Gasteiger partial charge >= 0.3 is 0 Å². The molecule has 2 N–H and O–H groups in total. The van der Waals surface area contributed by atoms with Crippen molar-refractivity contribution in [2.24, 2.45) is 4.99 Å².